The third kappa shape index (κ3) is 5.58. The van der Waals surface area contributed by atoms with E-state index in [1.54, 1.807) is 30.3 Å². The van der Waals surface area contributed by atoms with Gasteiger partial charge in [-0.25, -0.2) is 4.79 Å². The first-order valence-electron chi connectivity index (χ1n) is 9.23. The predicted octanol–water partition coefficient (Wildman–Crippen LogP) is 3.85. The zero-order chi connectivity index (χ0) is 20.6. The van der Waals surface area contributed by atoms with Crippen molar-refractivity contribution < 1.29 is 28.2 Å². The highest BCUT2D eigenvalue weighted by atomic mass is 16.6. The molecule has 0 bridgehead atoms. The van der Waals surface area contributed by atoms with Crippen LogP contribution in [0.25, 0.3) is 11.0 Å². The first-order chi connectivity index (χ1) is 14.1. The second-order valence-electron chi connectivity index (χ2n) is 6.21. The van der Waals surface area contributed by atoms with Crippen molar-refractivity contribution in [3.63, 3.8) is 0 Å². The van der Waals surface area contributed by atoms with Crippen LogP contribution in [0, 0.1) is 6.92 Å². The van der Waals surface area contributed by atoms with Gasteiger partial charge in [-0.2, -0.15) is 0 Å². The first-order valence-corrected chi connectivity index (χ1v) is 9.23. The van der Waals surface area contributed by atoms with Crippen molar-refractivity contribution in [2.24, 2.45) is 0 Å². The Balaban J connectivity index is 1.65. The van der Waals surface area contributed by atoms with Gasteiger partial charge in [-0.15, -0.1) is 0 Å². The summed E-state index contributed by atoms with van der Waals surface area (Å²) in [6.07, 6.45) is 1.26. The normalized spacial score (nSPS) is 10.7. The van der Waals surface area contributed by atoms with E-state index in [9.17, 15) is 9.59 Å². The molecule has 7 nitrogen and oxygen atoms in total. The average molecular weight is 398 g/mol. The second kappa shape index (κ2) is 9.75. The van der Waals surface area contributed by atoms with Gasteiger partial charge in [-0.05, 0) is 38.1 Å². The maximum atomic E-state index is 12.6. The van der Waals surface area contributed by atoms with Crippen LogP contribution in [0.5, 0.6) is 17.2 Å². The van der Waals surface area contributed by atoms with Crippen molar-refractivity contribution in [1.82, 2.24) is 0 Å². The largest absolute Gasteiger partial charge is 0.482 e. The zero-order valence-corrected chi connectivity index (χ0v) is 16.3. The lowest BCUT2D eigenvalue weighted by Crippen LogP contribution is -2.17. The summed E-state index contributed by atoms with van der Waals surface area (Å²) in [6, 6.07) is 12.0. The van der Waals surface area contributed by atoms with Crippen molar-refractivity contribution in [3.8, 4) is 17.2 Å². The molecule has 0 aliphatic carbocycles. The minimum Gasteiger partial charge on any atom is -0.482 e. The topological polar surface area (TPSA) is 84.2 Å². The highest BCUT2D eigenvalue weighted by Crippen LogP contribution is 2.24. The number of esters is 1. The van der Waals surface area contributed by atoms with Crippen LogP contribution in [-0.4, -0.2) is 32.4 Å². The lowest BCUT2D eigenvalue weighted by atomic mass is 10.2. The van der Waals surface area contributed by atoms with Crippen LogP contribution in [0.2, 0.25) is 0 Å². The molecule has 0 spiro atoms. The van der Waals surface area contributed by atoms with Gasteiger partial charge in [0.1, 0.15) is 30.0 Å². The van der Waals surface area contributed by atoms with E-state index in [1.165, 1.54) is 6.26 Å². The van der Waals surface area contributed by atoms with E-state index in [0.29, 0.717) is 35.7 Å². The third-order valence-electron chi connectivity index (χ3n) is 4.01. The molecule has 0 unspecified atom stereocenters. The molecule has 0 aliphatic rings. The van der Waals surface area contributed by atoms with Crippen LogP contribution in [0.1, 0.15) is 12.5 Å². The summed E-state index contributed by atoms with van der Waals surface area (Å²) in [4.78, 5) is 24.3. The van der Waals surface area contributed by atoms with E-state index < -0.39 is 5.97 Å². The van der Waals surface area contributed by atoms with Crippen LogP contribution in [0.4, 0.5) is 0 Å². The predicted molar refractivity (Wildman–Crippen MR) is 107 cm³/mol. The molecule has 0 saturated heterocycles. The summed E-state index contributed by atoms with van der Waals surface area (Å²) in [5, 5.41) is 0.348. The average Bonchev–Trinajstić information content (AvgIpc) is 2.73. The molecule has 7 heteroatoms. The minimum atomic E-state index is -0.506. The Bertz CT molecular complexity index is 1020. The van der Waals surface area contributed by atoms with Crippen molar-refractivity contribution in [3.05, 3.63) is 64.5 Å². The maximum absolute atomic E-state index is 12.6. The maximum Gasteiger partial charge on any atom is 0.344 e. The van der Waals surface area contributed by atoms with Gasteiger partial charge in [0, 0.05) is 12.7 Å². The monoisotopic (exact) mass is 398 g/mol. The van der Waals surface area contributed by atoms with Gasteiger partial charge < -0.3 is 23.4 Å². The Kier molecular flexibility index (Phi) is 6.86. The van der Waals surface area contributed by atoms with Crippen molar-refractivity contribution in [2.75, 3.05) is 26.4 Å². The number of carbonyl (C=O) groups excluding carboxylic acids is 1. The fourth-order valence-corrected chi connectivity index (χ4v) is 2.53. The van der Waals surface area contributed by atoms with Gasteiger partial charge >= 0.3 is 5.97 Å². The van der Waals surface area contributed by atoms with E-state index in [0.717, 1.165) is 5.56 Å². The standard InChI is InChI=1S/C22H22O7/c1-3-25-10-11-26-21(23)14-27-17-8-9-18-19(12-17)28-13-20(22(18)24)29-16-6-4-15(2)5-7-16/h4-9,12-13H,3,10-11,14H2,1-2H3. The number of hydrogen-bond acceptors (Lipinski definition) is 7. The molecule has 0 amide bonds. The van der Waals surface area contributed by atoms with Gasteiger partial charge in [0.15, 0.2) is 6.61 Å². The zero-order valence-electron chi connectivity index (χ0n) is 16.3. The van der Waals surface area contributed by atoms with E-state index in [-0.39, 0.29) is 24.4 Å². The number of fused-ring (bicyclic) bond motifs is 1. The summed E-state index contributed by atoms with van der Waals surface area (Å²) in [7, 11) is 0. The Morgan fingerprint density at radius 3 is 2.55 bits per heavy atom. The fraction of sp³-hybridized carbons (Fsp3) is 0.273. The molecular weight excluding hydrogens is 376 g/mol. The van der Waals surface area contributed by atoms with Crippen LogP contribution >= 0.6 is 0 Å². The van der Waals surface area contributed by atoms with Gasteiger partial charge in [-0.3, -0.25) is 4.79 Å². The van der Waals surface area contributed by atoms with E-state index >= 15 is 0 Å². The lowest BCUT2D eigenvalue weighted by molar-refractivity contribution is -0.147. The molecule has 152 valence electrons. The summed E-state index contributed by atoms with van der Waals surface area (Å²) in [5.41, 5.74) is 1.12. The Morgan fingerprint density at radius 2 is 1.79 bits per heavy atom. The summed E-state index contributed by atoms with van der Waals surface area (Å²) in [6.45, 7) is 4.66. The molecule has 1 aromatic heterocycles. The SMILES string of the molecule is CCOCCOC(=O)COc1ccc2c(=O)c(Oc3ccc(C)cc3)coc2c1. The van der Waals surface area contributed by atoms with Crippen LogP contribution < -0.4 is 14.9 Å². The van der Waals surface area contributed by atoms with Crippen LogP contribution in [-0.2, 0) is 14.3 Å². The second-order valence-corrected chi connectivity index (χ2v) is 6.21. The minimum absolute atomic E-state index is 0.0906. The number of ether oxygens (including phenoxy) is 4. The quantitative estimate of drug-likeness (QED) is 0.400. The molecule has 0 fully saturated rings. The summed E-state index contributed by atoms with van der Waals surface area (Å²) >= 11 is 0. The molecule has 0 N–H and O–H groups in total. The van der Waals surface area contributed by atoms with Gasteiger partial charge in [-0.1, -0.05) is 17.7 Å². The van der Waals surface area contributed by atoms with E-state index in [1.807, 2.05) is 26.0 Å². The molecule has 2 aromatic carbocycles. The van der Waals surface area contributed by atoms with Crippen molar-refractivity contribution in [2.45, 2.75) is 13.8 Å². The van der Waals surface area contributed by atoms with Gasteiger partial charge in [0.2, 0.25) is 11.2 Å². The Labute approximate surface area is 167 Å². The Hall–Kier alpha value is -3.32. The molecule has 3 aromatic rings. The molecule has 0 saturated carbocycles. The summed E-state index contributed by atoms with van der Waals surface area (Å²) in [5.74, 6) is 0.514. The van der Waals surface area contributed by atoms with Crippen molar-refractivity contribution in [1.29, 1.82) is 0 Å². The molecular formula is C22H22O7. The number of hydrogen-bond donors (Lipinski definition) is 0. The molecule has 3 rings (SSSR count). The smallest absolute Gasteiger partial charge is 0.344 e. The Morgan fingerprint density at radius 1 is 1.03 bits per heavy atom. The number of benzene rings is 2. The number of rotatable bonds is 9. The van der Waals surface area contributed by atoms with Gasteiger partial charge in [0.25, 0.3) is 0 Å². The number of carbonyl (C=O) groups is 1. The van der Waals surface area contributed by atoms with Crippen LogP contribution in [0.15, 0.2) is 57.9 Å². The third-order valence-corrected chi connectivity index (χ3v) is 4.01. The lowest BCUT2D eigenvalue weighted by Gasteiger charge is -2.08. The van der Waals surface area contributed by atoms with Crippen molar-refractivity contribution >= 4 is 16.9 Å². The summed E-state index contributed by atoms with van der Waals surface area (Å²) < 4.78 is 26.6. The molecule has 29 heavy (non-hydrogen) atoms. The number of aryl methyl sites for hydroxylation is 1. The molecule has 0 atom stereocenters. The molecule has 0 aliphatic heterocycles. The first kappa shape index (κ1) is 20.4. The van der Waals surface area contributed by atoms with Crippen LogP contribution in [0.3, 0.4) is 0 Å². The van der Waals surface area contributed by atoms with E-state index in [4.69, 9.17) is 23.4 Å². The molecule has 1 heterocycles. The van der Waals surface area contributed by atoms with Gasteiger partial charge in [0.05, 0.1) is 12.0 Å². The highest BCUT2D eigenvalue weighted by Gasteiger charge is 2.11. The molecule has 0 radical (unpaired) electrons. The fourth-order valence-electron chi connectivity index (χ4n) is 2.53. The highest BCUT2D eigenvalue weighted by molar-refractivity contribution is 5.79. The van der Waals surface area contributed by atoms with E-state index in [2.05, 4.69) is 0 Å².